The van der Waals surface area contributed by atoms with Crippen molar-refractivity contribution in [1.82, 2.24) is 10.2 Å². The van der Waals surface area contributed by atoms with E-state index in [0.29, 0.717) is 11.8 Å². The largest absolute Gasteiger partial charge is 0.342 e. The zero-order valence-electron chi connectivity index (χ0n) is 13.1. The number of nitrogens with zero attached hydrogens (tertiary/aromatic N) is 1. The van der Waals surface area contributed by atoms with Gasteiger partial charge in [0.25, 0.3) is 0 Å². The Morgan fingerprint density at radius 3 is 2.40 bits per heavy atom. The van der Waals surface area contributed by atoms with Crippen molar-refractivity contribution in [2.45, 2.75) is 52.4 Å². The highest BCUT2D eigenvalue weighted by Crippen LogP contribution is 2.26. The number of amides is 1. The second-order valence-electron chi connectivity index (χ2n) is 6.50. The number of carbonyl (C=O) groups excluding carboxylic acids is 1. The Morgan fingerprint density at radius 1 is 1.25 bits per heavy atom. The molecule has 118 valence electrons. The van der Waals surface area contributed by atoms with Crippen molar-refractivity contribution in [1.29, 1.82) is 0 Å². The van der Waals surface area contributed by atoms with Crippen LogP contribution in [0.15, 0.2) is 0 Å². The molecule has 0 radical (unpaired) electrons. The van der Waals surface area contributed by atoms with Crippen LogP contribution in [0.5, 0.6) is 0 Å². The minimum atomic E-state index is 0. The maximum Gasteiger partial charge on any atom is 0.225 e. The third-order valence-electron chi connectivity index (χ3n) is 4.92. The summed E-state index contributed by atoms with van der Waals surface area (Å²) in [7, 11) is 0. The normalized spacial score (nSPS) is 21.7. The molecule has 1 N–H and O–H groups in total. The fourth-order valence-electron chi connectivity index (χ4n) is 3.40. The Balaban J connectivity index is 0.00000200. The molecule has 3 nitrogen and oxygen atoms in total. The molecule has 1 saturated heterocycles. The van der Waals surface area contributed by atoms with Gasteiger partial charge in [-0.25, -0.2) is 0 Å². The minimum absolute atomic E-state index is 0. The number of halogens is 1. The van der Waals surface area contributed by atoms with Crippen molar-refractivity contribution in [2.75, 3.05) is 26.2 Å². The van der Waals surface area contributed by atoms with E-state index in [9.17, 15) is 4.79 Å². The second-order valence-corrected chi connectivity index (χ2v) is 6.50. The predicted molar refractivity (Wildman–Crippen MR) is 86.2 cm³/mol. The van der Waals surface area contributed by atoms with Crippen molar-refractivity contribution in [3.63, 3.8) is 0 Å². The van der Waals surface area contributed by atoms with Crippen molar-refractivity contribution in [3.8, 4) is 0 Å². The number of rotatable bonds is 6. The molecule has 0 aromatic rings. The van der Waals surface area contributed by atoms with Crippen LogP contribution in [0.1, 0.15) is 52.4 Å². The van der Waals surface area contributed by atoms with E-state index in [-0.39, 0.29) is 18.3 Å². The summed E-state index contributed by atoms with van der Waals surface area (Å²) >= 11 is 0. The van der Waals surface area contributed by atoms with Gasteiger partial charge in [0.15, 0.2) is 0 Å². The monoisotopic (exact) mass is 302 g/mol. The lowest BCUT2D eigenvalue weighted by Gasteiger charge is -2.36. The third-order valence-corrected chi connectivity index (χ3v) is 4.92. The average Bonchev–Trinajstić information content (AvgIpc) is 2.36. The first-order valence-electron chi connectivity index (χ1n) is 8.22. The SMILES string of the molecule is CCCN(CC1CCCCC1)C(=O)C(C)C1CNC1.Cl. The van der Waals surface area contributed by atoms with Gasteiger partial charge in [-0.15, -0.1) is 12.4 Å². The zero-order chi connectivity index (χ0) is 13.7. The van der Waals surface area contributed by atoms with Crippen LogP contribution in [0.4, 0.5) is 0 Å². The van der Waals surface area contributed by atoms with Crippen LogP contribution in [0, 0.1) is 17.8 Å². The predicted octanol–water partition coefficient (Wildman–Crippen LogP) is 3.08. The van der Waals surface area contributed by atoms with E-state index >= 15 is 0 Å². The first-order valence-corrected chi connectivity index (χ1v) is 8.22. The lowest BCUT2D eigenvalue weighted by molar-refractivity contribution is -0.138. The van der Waals surface area contributed by atoms with Gasteiger partial charge in [0, 0.05) is 19.0 Å². The lowest BCUT2D eigenvalue weighted by Crippen LogP contribution is -2.51. The van der Waals surface area contributed by atoms with E-state index in [4.69, 9.17) is 0 Å². The van der Waals surface area contributed by atoms with E-state index in [1.807, 2.05) is 0 Å². The van der Waals surface area contributed by atoms with Crippen molar-refractivity contribution < 1.29 is 4.79 Å². The molecular formula is C16H31ClN2O. The van der Waals surface area contributed by atoms with Gasteiger partial charge in [0.05, 0.1) is 0 Å². The number of carbonyl (C=O) groups is 1. The summed E-state index contributed by atoms with van der Waals surface area (Å²) in [6.45, 7) is 8.30. The molecule has 2 fully saturated rings. The van der Waals surface area contributed by atoms with Crippen LogP contribution in [-0.4, -0.2) is 37.0 Å². The molecule has 4 heteroatoms. The number of nitrogens with one attached hydrogen (secondary N) is 1. The molecule has 1 unspecified atom stereocenters. The molecule has 1 aliphatic carbocycles. The molecule has 0 aromatic carbocycles. The quantitative estimate of drug-likeness (QED) is 0.818. The highest BCUT2D eigenvalue weighted by molar-refractivity contribution is 5.85. The minimum Gasteiger partial charge on any atom is -0.342 e. The summed E-state index contributed by atoms with van der Waals surface area (Å²) in [5.74, 6) is 1.93. The fraction of sp³-hybridized carbons (Fsp3) is 0.938. The Hall–Kier alpha value is -0.280. The van der Waals surface area contributed by atoms with Crippen molar-refractivity contribution >= 4 is 18.3 Å². The molecule has 1 atom stereocenters. The van der Waals surface area contributed by atoms with Gasteiger partial charge >= 0.3 is 0 Å². The summed E-state index contributed by atoms with van der Waals surface area (Å²) in [6.07, 6.45) is 7.85. The van der Waals surface area contributed by atoms with Crippen LogP contribution in [0.2, 0.25) is 0 Å². The molecule has 2 aliphatic rings. The van der Waals surface area contributed by atoms with E-state index < -0.39 is 0 Å². The summed E-state index contributed by atoms with van der Waals surface area (Å²) in [5.41, 5.74) is 0. The second kappa shape index (κ2) is 8.89. The Morgan fingerprint density at radius 2 is 1.90 bits per heavy atom. The molecule has 1 heterocycles. The van der Waals surface area contributed by atoms with Gasteiger partial charge in [0.2, 0.25) is 5.91 Å². The Labute approximate surface area is 130 Å². The first kappa shape index (κ1) is 17.8. The smallest absolute Gasteiger partial charge is 0.225 e. The van der Waals surface area contributed by atoms with E-state index in [1.54, 1.807) is 0 Å². The maximum absolute atomic E-state index is 12.6. The summed E-state index contributed by atoms with van der Waals surface area (Å²) < 4.78 is 0. The van der Waals surface area contributed by atoms with E-state index in [0.717, 1.165) is 38.5 Å². The van der Waals surface area contributed by atoms with Crippen LogP contribution in [0.3, 0.4) is 0 Å². The van der Waals surface area contributed by atoms with Crippen LogP contribution in [0.25, 0.3) is 0 Å². The topological polar surface area (TPSA) is 32.3 Å². The van der Waals surface area contributed by atoms with Gasteiger partial charge in [-0.1, -0.05) is 33.1 Å². The molecule has 1 amide bonds. The summed E-state index contributed by atoms with van der Waals surface area (Å²) in [6, 6.07) is 0. The first-order chi connectivity index (χ1) is 9.22. The molecule has 0 aromatic heterocycles. The summed E-state index contributed by atoms with van der Waals surface area (Å²) in [4.78, 5) is 14.8. The molecule has 2 rings (SSSR count). The Bertz CT molecular complexity index is 288. The highest BCUT2D eigenvalue weighted by atomic mass is 35.5. The van der Waals surface area contributed by atoms with Crippen LogP contribution in [-0.2, 0) is 4.79 Å². The molecule has 1 saturated carbocycles. The maximum atomic E-state index is 12.6. The fourth-order valence-corrected chi connectivity index (χ4v) is 3.40. The molecule has 20 heavy (non-hydrogen) atoms. The molecule has 0 bridgehead atoms. The van der Waals surface area contributed by atoms with Gasteiger partial charge in [-0.3, -0.25) is 4.79 Å². The van der Waals surface area contributed by atoms with Gasteiger partial charge in [-0.05, 0) is 44.2 Å². The van der Waals surface area contributed by atoms with Gasteiger partial charge < -0.3 is 10.2 Å². The van der Waals surface area contributed by atoms with Gasteiger partial charge in [-0.2, -0.15) is 0 Å². The molecular weight excluding hydrogens is 272 g/mol. The standard InChI is InChI=1S/C16H30N2O.ClH/c1-3-9-18(12-14-7-5-4-6-8-14)16(19)13(2)15-10-17-11-15;/h13-15,17H,3-12H2,1-2H3;1H. The number of hydrogen-bond donors (Lipinski definition) is 1. The lowest BCUT2D eigenvalue weighted by atomic mass is 9.86. The number of hydrogen-bond acceptors (Lipinski definition) is 2. The van der Waals surface area contributed by atoms with Crippen LogP contribution < -0.4 is 5.32 Å². The highest BCUT2D eigenvalue weighted by Gasteiger charge is 2.32. The Kier molecular flexibility index (Phi) is 7.90. The van der Waals surface area contributed by atoms with Crippen molar-refractivity contribution in [2.24, 2.45) is 17.8 Å². The van der Waals surface area contributed by atoms with Crippen molar-refractivity contribution in [3.05, 3.63) is 0 Å². The van der Waals surface area contributed by atoms with E-state index in [1.165, 1.54) is 32.1 Å². The van der Waals surface area contributed by atoms with Gasteiger partial charge in [0.1, 0.15) is 0 Å². The molecule has 1 aliphatic heterocycles. The summed E-state index contributed by atoms with van der Waals surface area (Å²) in [5, 5.41) is 3.28. The van der Waals surface area contributed by atoms with Crippen LogP contribution >= 0.6 is 12.4 Å². The third kappa shape index (κ3) is 4.63. The zero-order valence-corrected chi connectivity index (χ0v) is 13.9. The average molecular weight is 303 g/mol. The molecule has 0 spiro atoms. The van der Waals surface area contributed by atoms with E-state index in [2.05, 4.69) is 24.1 Å².